The summed E-state index contributed by atoms with van der Waals surface area (Å²) < 4.78 is 26.6. The number of rotatable bonds is 4. The summed E-state index contributed by atoms with van der Waals surface area (Å²) in [5.41, 5.74) is -0.252. The third kappa shape index (κ3) is 4.18. The standard InChI is InChI=1S/C14H14F2N2O/c1-10(8-17)9-18(2)14(19)7-6-11-12(15)4-3-5-13(11)16/h3-7,10H,9H2,1-2H3/b7-6+/t10-/m0/s1. The molecule has 0 radical (unpaired) electrons. The lowest BCUT2D eigenvalue weighted by molar-refractivity contribution is -0.125. The van der Waals surface area contributed by atoms with Crippen LogP contribution in [0.2, 0.25) is 0 Å². The average Bonchev–Trinajstić information content (AvgIpc) is 2.37. The summed E-state index contributed by atoms with van der Waals surface area (Å²) in [4.78, 5) is 13.0. The van der Waals surface area contributed by atoms with Gasteiger partial charge < -0.3 is 4.90 Å². The van der Waals surface area contributed by atoms with Gasteiger partial charge in [0, 0.05) is 25.2 Å². The van der Waals surface area contributed by atoms with Crippen molar-refractivity contribution in [1.29, 1.82) is 5.26 Å². The number of likely N-dealkylation sites (N-methyl/N-ethyl adjacent to an activating group) is 1. The molecular formula is C14H14F2N2O. The van der Waals surface area contributed by atoms with Crippen LogP contribution in [0.25, 0.3) is 6.08 Å². The number of nitrogens with zero attached hydrogens (tertiary/aromatic N) is 2. The van der Waals surface area contributed by atoms with Gasteiger partial charge >= 0.3 is 0 Å². The van der Waals surface area contributed by atoms with Crippen molar-refractivity contribution >= 4 is 12.0 Å². The molecule has 0 heterocycles. The third-order valence-corrected chi connectivity index (χ3v) is 2.54. The normalized spacial score (nSPS) is 12.2. The van der Waals surface area contributed by atoms with E-state index >= 15 is 0 Å². The zero-order valence-corrected chi connectivity index (χ0v) is 10.7. The van der Waals surface area contributed by atoms with Crippen molar-refractivity contribution in [3.8, 4) is 6.07 Å². The van der Waals surface area contributed by atoms with Gasteiger partial charge in [-0.1, -0.05) is 6.07 Å². The Hall–Kier alpha value is -2.22. The quantitative estimate of drug-likeness (QED) is 0.784. The van der Waals surface area contributed by atoms with E-state index in [0.717, 1.165) is 24.3 Å². The summed E-state index contributed by atoms with van der Waals surface area (Å²) in [6.07, 6.45) is 2.19. The van der Waals surface area contributed by atoms with Crippen LogP contribution in [-0.2, 0) is 4.79 Å². The summed E-state index contributed by atoms with van der Waals surface area (Å²) >= 11 is 0. The Balaban J connectivity index is 2.77. The molecule has 0 bridgehead atoms. The predicted octanol–water partition coefficient (Wildman–Crippen LogP) is 2.60. The fourth-order valence-electron chi connectivity index (χ4n) is 1.49. The molecule has 0 N–H and O–H groups in total. The van der Waals surface area contributed by atoms with Crippen molar-refractivity contribution in [2.75, 3.05) is 13.6 Å². The van der Waals surface area contributed by atoms with E-state index < -0.39 is 17.5 Å². The minimum atomic E-state index is -0.725. The van der Waals surface area contributed by atoms with Crippen LogP contribution in [0.15, 0.2) is 24.3 Å². The first-order valence-corrected chi connectivity index (χ1v) is 5.72. The highest BCUT2D eigenvalue weighted by Crippen LogP contribution is 2.13. The monoisotopic (exact) mass is 264 g/mol. The van der Waals surface area contributed by atoms with E-state index in [9.17, 15) is 13.6 Å². The van der Waals surface area contributed by atoms with E-state index in [-0.39, 0.29) is 18.0 Å². The lowest BCUT2D eigenvalue weighted by Gasteiger charge is -2.15. The predicted molar refractivity (Wildman–Crippen MR) is 67.8 cm³/mol. The van der Waals surface area contributed by atoms with Crippen molar-refractivity contribution in [2.24, 2.45) is 5.92 Å². The van der Waals surface area contributed by atoms with Gasteiger partial charge in [-0.3, -0.25) is 4.79 Å². The van der Waals surface area contributed by atoms with Crippen LogP contribution in [0, 0.1) is 28.9 Å². The molecule has 0 aliphatic carbocycles. The Morgan fingerprint density at radius 1 is 1.47 bits per heavy atom. The van der Waals surface area contributed by atoms with Crippen molar-refractivity contribution in [3.05, 3.63) is 41.5 Å². The van der Waals surface area contributed by atoms with Gasteiger partial charge in [-0.25, -0.2) is 8.78 Å². The first-order chi connectivity index (χ1) is 8.95. The molecule has 5 heteroatoms. The Kier molecular flexibility index (Phi) is 5.19. The molecule has 1 aromatic carbocycles. The first-order valence-electron chi connectivity index (χ1n) is 5.72. The molecule has 3 nitrogen and oxygen atoms in total. The molecule has 0 spiro atoms. The lowest BCUT2D eigenvalue weighted by atomic mass is 10.1. The van der Waals surface area contributed by atoms with Gasteiger partial charge in [0.25, 0.3) is 0 Å². The van der Waals surface area contributed by atoms with Crippen molar-refractivity contribution in [2.45, 2.75) is 6.92 Å². The largest absolute Gasteiger partial charge is 0.341 e. The molecule has 0 aliphatic rings. The van der Waals surface area contributed by atoms with Gasteiger partial charge in [-0.2, -0.15) is 5.26 Å². The molecule has 1 atom stereocenters. The molecule has 0 saturated heterocycles. The number of hydrogen-bond acceptors (Lipinski definition) is 2. The minimum Gasteiger partial charge on any atom is -0.341 e. The number of benzene rings is 1. The van der Waals surface area contributed by atoms with E-state index in [1.54, 1.807) is 6.92 Å². The molecule has 0 aliphatic heterocycles. The molecule has 19 heavy (non-hydrogen) atoms. The average molecular weight is 264 g/mol. The summed E-state index contributed by atoms with van der Waals surface area (Å²) in [7, 11) is 1.53. The van der Waals surface area contributed by atoms with Crippen LogP contribution in [0.4, 0.5) is 8.78 Å². The fourth-order valence-corrected chi connectivity index (χ4v) is 1.49. The van der Waals surface area contributed by atoms with Crippen LogP contribution in [0.1, 0.15) is 12.5 Å². The molecule has 0 saturated carbocycles. The van der Waals surface area contributed by atoms with Crippen LogP contribution >= 0.6 is 0 Å². The van der Waals surface area contributed by atoms with Crippen LogP contribution in [0.5, 0.6) is 0 Å². The van der Waals surface area contributed by atoms with E-state index in [1.807, 2.05) is 6.07 Å². The summed E-state index contributed by atoms with van der Waals surface area (Å²) in [6.45, 7) is 1.95. The maximum atomic E-state index is 13.3. The smallest absolute Gasteiger partial charge is 0.246 e. The molecule has 0 unspecified atom stereocenters. The number of hydrogen-bond donors (Lipinski definition) is 0. The van der Waals surface area contributed by atoms with Crippen molar-refractivity contribution in [3.63, 3.8) is 0 Å². The zero-order chi connectivity index (χ0) is 14.4. The Morgan fingerprint density at radius 3 is 2.58 bits per heavy atom. The zero-order valence-electron chi connectivity index (χ0n) is 10.7. The highest BCUT2D eigenvalue weighted by molar-refractivity contribution is 5.91. The van der Waals surface area contributed by atoms with Crippen LogP contribution in [0.3, 0.4) is 0 Å². The van der Waals surface area contributed by atoms with Crippen LogP contribution in [-0.4, -0.2) is 24.4 Å². The van der Waals surface area contributed by atoms with Gasteiger partial charge in [0.15, 0.2) is 0 Å². The highest BCUT2D eigenvalue weighted by Gasteiger charge is 2.10. The summed E-state index contributed by atoms with van der Waals surface area (Å²) in [5, 5.41) is 8.64. The second-order valence-electron chi connectivity index (χ2n) is 4.22. The van der Waals surface area contributed by atoms with Gasteiger partial charge in [-0.15, -0.1) is 0 Å². The van der Waals surface area contributed by atoms with Gasteiger partial charge in [-0.05, 0) is 25.1 Å². The van der Waals surface area contributed by atoms with E-state index in [2.05, 4.69) is 0 Å². The number of nitriles is 1. The van der Waals surface area contributed by atoms with Crippen molar-refractivity contribution in [1.82, 2.24) is 4.90 Å². The fraction of sp³-hybridized carbons (Fsp3) is 0.286. The SMILES string of the molecule is C[C@@H](C#N)CN(C)C(=O)/C=C/c1c(F)cccc1F. The van der Waals surface area contributed by atoms with Crippen LogP contribution < -0.4 is 0 Å². The maximum Gasteiger partial charge on any atom is 0.246 e. The van der Waals surface area contributed by atoms with Gasteiger partial charge in [0.1, 0.15) is 11.6 Å². The number of carbonyl (C=O) groups excluding carboxylic acids is 1. The number of amides is 1. The summed E-state index contributed by atoms with van der Waals surface area (Å²) in [5.74, 6) is -2.16. The Labute approximate surface area is 110 Å². The highest BCUT2D eigenvalue weighted by atomic mass is 19.1. The molecule has 100 valence electrons. The van der Waals surface area contributed by atoms with Gasteiger partial charge in [0.05, 0.1) is 12.0 Å². The molecule has 1 amide bonds. The van der Waals surface area contributed by atoms with E-state index in [4.69, 9.17) is 5.26 Å². The molecule has 1 rings (SSSR count). The number of carbonyl (C=O) groups is 1. The second kappa shape index (κ2) is 6.64. The van der Waals surface area contributed by atoms with Crippen molar-refractivity contribution < 1.29 is 13.6 Å². The molecular weight excluding hydrogens is 250 g/mol. The maximum absolute atomic E-state index is 13.3. The third-order valence-electron chi connectivity index (χ3n) is 2.54. The van der Waals surface area contributed by atoms with Gasteiger partial charge in [0.2, 0.25) is 5.91 Å². The number of halogens is 2. The lowest BCUT2D eigenvalue weighted by Crippen LogP contribution is -2.29. The van der Waals surface area contributed by atoms with E-state index in [0.29, 0.717) is 0 Å². The Bertz CT molecular complexity index is 514. The molecule has 1 aromatic rings. The minimum absolute atomic E-state index is 0.252. The summed E-state index contributed by atoms with van der Waals surface area (Å²) in [6, 6.07) is 5.50. The van der Waals surface area contributed by atoms with E-state index in [1.165, 1.54) is 18.0 Å². The first kappa shape index (κ1) is 14.8. The second-order valence-corrected chi connectivity index (χ2v) is 4.22. The molecule has 0 aromatic heterocycles. The Morgan fingerprint density at radius 2 is 2.05 bits per heavy atom. The topological polar surface area (TPSA) is 44.1 Å². The molecule has 0 fully saturated rings.